The Morgan fingerprint density at radius 1 is 0.951 bits per heavy atom. The maximum atomic E-state index is 13.4. The zero-order chi connectivity index (χ0) is 27.8. The topological polar surface area (TPSA) is 117 Å². The van der Waals surface area contributed by atoms with Gasteiger partial charge in [0.2, 0.25) is 6.79 Å². The van der Waals surface area contributed by atoms with Gasteiger partial charge in [0.05, 0.1) is 17.6 Å². The fourth-order valence-electron chi connectivity index (χ4n) is 6.28. The summed E-state index contributed by atoms with van der Waals surface area (Å²) in [6.45, 7) is 4.35. The van der Waals surface area contributed by atoms with Crippen LogP contribution >= 0.6 is 0 Å². The lowest BCUT2D eigenvalue weighted by molar-refractivity contribution is 0.155. The molecule has 1 atom stereocenters. The molecule has 4 heterocycles. The summed E-state index contributed by atoms with van der Waals surface area (Å²) in [5.74, 6) is 3.67. The number of ether oxygens (including phenoxy) is 4. The third-order valence-electron chi connectivity index (χ3n) is 8.34. The second-order valence-corrected chi connectivity index (χ2v) is 11.0. The lowest BCUT2D eigenvalue weighted by Crippen LogP contribution is -2.33. The van der Waals surface area contributed by atoms with Gasteiger partial charge in [0.1, 0.15) is 13.2 Å². The number of aromatic nitrogens is 5. The van der Waals surface area contributed by atoms with Crippen LogP contribution in [0, 0.1) is 0 Å². The van der Waals surface area contributed by atoms with Crippen molar-refractivity contribution in [3.05, 3.63) is 63.7 Å². The molecule has 1 saturated carbocycles. The van der Waals surface area contributed by atoms with E-state index in [1.165, 1.54) is 19.3 Å². The van der Waals surface area contributed by atoms with Gasteiger partial charge < -0.3 is 23.9 Å². The Kier molecular flexibility index (Phi) is 6.95. The van der Waals surface area contributed by atoms with Crippen LogP contribution < -0.4 is 24.5 Å². The third kappa shape index (κ3) is 5.10. The summed E-state index contributed by atoms with van der Waals surface area (Å²) in [6, 6.07) is 11.9. The van der Waals surface area contributed by atoms with Crippen molar-refractivity contribution in [3.8, 4) is 23.0 Å². The number of pyridine rings is 1. The summed E-state index contributed by atoms with van der Waals surface area (Å²) in [7, 11) is 0. The number of tetrazole rings is 1. The largest absolute Gasteiger partial charge is 0.486 e. The van der Waals surface area contributed by atoms with Crippen molar-refractivity contribution < 1.29 is 18.9 Å². The molecule has 0 radical (unpaired) electrons. The van der Waals surface area contributed by atoms with E-state index in [0.29, 0.717) is 49.4 Å². The van der Waals surface area contributed by atoms with Crippen molar-refractivity contribution in [3.63, 3.8) is 0 Å². The average Bonchev–Trinajstić information content (AvgIpc) is 3.67. The first kappa shape index (κ1) is 25.8. The molecule has 0 spiro atoms. The SMILES string of the molecule is CC[C@H](c1nnnn1C1CCCCC1)N(Cc1ccc2c(c1)OCO2)Cc1cc2cc3c(cc2[nH]c1=O)OCCO3. The average molecular weight is 559 g/mol. The molecule has 11 nitrogen and oxygen atoms in total. The van der Waals surface area contributed by atoms with Gasteiger partial charge in [-0.1, -0.05) is 32.3 Å². The summed E-state index contributed by atoms with van der Waals surface area (Å²) >= 11 is 0. The first-order valence-corrected chi connectivity index (χ1v) is 14.5. The molecule has 2 aromatic carbocycles. The monoisotopic (exact) mass is 558 g/mol. The summed E-state index contributed by atoms with van der Waals surface area (Å²) < 4.78 is 24.7. The van der Waals surface area contributed by atoms with Gasteiger partial charge in [-0.25, -0.2) is 4.68 Å². The van der Waals surface area contributed by atoms with Crippen LogP contribution in [0.3, 0.4) is 0 Å². The van der Waals surface area contributed by atoms with E-state index in [9.17, 15) is 4.79 Å². The quantitative estimate of drug-likeness (QED) is 0.329. The highest BCUT2D eigenvalue weighted by Crippen LogP contribution is 2.37. The zero-order valence-corrected chi connectivity index (χ0v) is 23.2. The van der Waals surface area contributed by atoms with E-state index in [2.05, 4.69) is 32.3 Å². The molecule has 4 aromatic rings. The van der Waals surface area contributed by atoms with Crippen molar-refractivity contribution >= 4 is 10.9 Å². The first-order valence-electron chi connectivity index (χ1n) is 14.5. The van der Waals surface area contributed by atoms with Crippen molar-refractivity contribution in [2.24, 2.45) is 0 Å². The Bertz CT molecular complexity index is 1610. The van der Waals surface area contributed by atoms with E-state index in [0.717, 1.165) is 53.1 Å². The molecule has 0 saturated heterocycles. The molecule has 0 bridgehead atoms. The van der Waals surface area contributed by atoms with E-state index in [1.807, 2.05) is 41.1 Å². The molecular weight excluding hydrogens is 524 g/mol. The maximum Gasteiger partial charge on any atom is 0.252 e. The molecule has 1 N–H and O–H groups in total. The fourth-order valence-corrected chi connectivity index (χ4v) is 6.28. The molecule has 0 unspecified atom stereocenters. The van der Waals surface area contributed by atoms with E-state index in [4.69, 9.17) is 18.9 Å². The van der Waals surface area contributed by atoms with Crippen molar-refractivity contribution in [2.45, 2.75) is 70.6 Å². The number of benzene rings is 2. The fraction of sp³-hybridized carbons (Fsp3) is 0.467. The maximum absolute atomic E-state index is 13.4. The minimum atomic E-state index is -0.133. The van der Waals surface area contributed by atoms with E-state index in [-0.39, 0.29) is 18.4 Å². The number of H-pyrrole nitrogens is 1. The number of hydrogen-bond acceptors (Lipinski definition) is 9. The van der Waals surface area contributed by atoms with Gasteiger partial charge in [0.15, 0.2) is 28.8 Å². The van der Waals surface area contributed by atoms with Gasteiger partial charge in [0.25, 0.3) is 5.56 Å². The molecule has 7 rings (SSSR count). The number of fused-ring (bicyclic) bond motifs is 3. The minimum absolute atomic E-state index is 0.104. The highest BCUT2D eigenvalue weighted by atomic mass is 16.7. The van der Waals surface area contributed by atoms with E-state index < -0.39 is 0 Å². The molecule has 1 aliphatic carbocycles. The normalized spacial score (nSPS) is 17.3. The highest BCUT2D eigenvalue weighted by Gasteiger charge is 2.30. The van der Waals surface area contributed by atoms with Gasteiger partial charge in [-0.05, 0) is 59.5 Å². The highest BCUT2D eigenvalue weighted by molar-refractivity contribution is 5.83. The van der Waals surface area contributed by atoms with Gasteiger partial charge in [-0.3, -0.25) is 9.69 Å². The second kappa shape index (κ2) is 11.0. The second-order valence-electron chi connectivity index (χ2n) is 11.0. The standard InChI is InChI=1S/C30H34N6O5/c1-2-24(29-32-33-34-36(29)22-6-4-3-5-7-22)35(16-19-8-9-25-26(12-19)41-18-40-25)17-21-13-20-14-27-28(39-11-10-38-27)15-23(20)31-30(21)37/h8-9,12-15,22,24H,2-7,10-11,16-18H2,1H3,(H,31,37)/t24-/m1/s1. The Hall–Kier alpha value is -4.12. The Balaban J connectivity index is 1.26. The molecule has 1 fully saturated rings. The number of rotatable bonds is 8. The van der Waals surface area contributed by atoms with Crippen LogP contribution in [0.25, 0.3) is 10.9 Å². The molecule has 2 aromatic heterocycles. The third-order valence-corrected chi connectivity index (χ3v) is 8.34. The summed E-state index contributed by atoms with van der Waals surface area (Å²) in [5.41, 5.74) is 2.30. The molecule has 11 heteroatoms. The zero-order valence-electron chi connectivity index (χ0n) is 23.2. The van der Waals surface area contributed by atoms with Crippen molar-refractivity contribution in [1.29, 1.82) is 0 Å². The molecule has 3 aliphatic rings. The van der Waals surface area contributed by atoms with Crippen LogP contribution in [-0.2, 0) is 13.1 Å². The van der Waals surface area contributed by atoms with Crippen LogP contribution in [0.15, 0.2) is 41.2 Å². The predicted octanol–water partition coefficient (Wildman–Crippen LogP) is 4.67. The Labute approximate surface area is 237 Å². The number of nitrogens with zero attached hydrogens (tertiary/aromatic N) is 5. The van der Waals surface area contributed by atoms with Crippen LogP contribution in [0.2, 0.25) is 0 Å². The summed E-state index contributed by atoms with van der Waals surface area (Å²) in [6.07, 6.45) is 6.57. The minimum Gasteiger partial charge on any atom is -0.486 e. The summed E-state index contributed by atoms with van der Waals surface area (Å²) in [4.78, 5) is 18.8. The molecule has 0 amide bonds. The van der Waals surface area contributed by atoms with Gasteiger partial charge in [-0.15, -0.1) is 5.10 Å². The van der Waals surface area contributed by atoms with Gasteiger partial charge in [0, 0.05) is 30.1 Å². The first-order chi connectivity index (χ1) is 20.2. The van der Waals surface area contributed by atoms with Gasteiger partial charge in [-0.2, -0.15) is 0 Å². The molecule has 41 heavy (non-hydrogen) atoms. The number of hydrogen-bond donors (Lipinski definition) is 1. The van der Waals surface area contributed by atoms with Crippen LogP contribution in [-0.4, -0.2) is 50.1 Å². The number of nitrogens with one attached hydrogen (secondary N) is 1. The smallest absolute Gasteiger partial charge is 0.252 e. The predicted molar refractivity (Wildman–Crippen MR) is 150 cm³/mol. The van der Waals surface area contributed by atoms with E-state index >= 15 is 0 Å². The van der Waals surface area contributed by atoms with Crippen LogP contribution in [0.1, 0.15) is 74.5 Å². The van der Waals surface area contributed by atoms with Gasteiger partial charge >= 0.3 is 0 Å². The Morgan fingerprint density at radius 2 is 1.73 bits per heavy atom. The molecule has 214 valence electrons. The lowest BCUT2D eigenvalue weighted by Gasteiger charge is -2.32. The Morgan fingerprint density at radius 3 is 2.56 bits per heavy atom. The summed E-state index contributed by atoms with van der Waals surface area (Å²) in [5, 5.41) is 14.0. The molecule has 2 aliphatic heterocycles. The molecular formula is C30H34N6O5. The van der Waals surface area contributed by atoms with E-state index in [1.54, 1.807) is 0 Å². The number of aromatic amines is 1. The lowest BCUT2D eigenvalue weighted by atomic mass is 9.95. The van der Waals surface area contributed by atoms with Crippen LogP contribution in [0.4, 0.5) is 0 Å². The van der Waals surface area contributed by atoms with Crippen LogP contribution in [0.5, 0.6) is 23.0 Å². The van der Waals surface area contributed by atoms with Crippen molar-refractivity contribution in [2.75, 3.05) is 20.0 Å². The van der Waals surface area contributed by atoms with Crippen molar-refractivity contribution in [1.82, 2.24) is 30.1 Å².